The second kappa shape index (κ2) is 8.95. The third kappa shape index (κ3) is 4.37. The van der Waals surface area contributed by atoms with Crippen LogP contribution in [0.3, 0.4) is 0 Å². The van der Waals surface area contributed by atoms with Crippen LogP contribution in [0.25, 0.3) is 32.0 Å². The Bertz CT molecular complexity index is 961. The van der Waals surface area contributed by atoms with Crippen LogP contribution in [0.15, 0.2) is 97.1 Å². The van der Waals surface area contributed by atoms with Crippen LogP contribution in [0.1, 0.15) is 25.3 Å². The first-order valence-corrected chi connectivity index (χ1v) is 10.8. The summed E-state index contributed by atoms with van der Waals surface area (Å²) in [6.45, 7) is 2.25. The molecule has 0 atom stereocenters. The van der Waals surface area contributed by atoms with Crippen molar-refractivity contribution >= 4 is 11.3 Å². The molecule has 0 spiro atoms. The van der Waals surface area contributed by atoms with Gasteiger partial charge < -0.3 is 0 Å². The van der Waals surface area contributed by atoms with Gasteiger partial charge in [-0.05, 0) is 53.8 Å². The quantitative estimate of drug-likeness (QED) is 0.294. The molecule has 0 N–H and O–H groups in total. The van der Waals surface area contributed by atoms with E-state index in [9.17, 15) is 0 Å². The van der Waals surface area contributed by atoms with Crippen LogP contribution >= 0.6 is 11.3 Å². The molecule has 0 radical (unpaired) electrons. The minimum absolute atomic E-state index is 1.16. The van der Waals surface area contributed by atoms with E-state index in [1.165, 1.54) is 50.4 Å². The zero-order valence-electron chi connectivity index (χ0n) is 16.3. The van der Waals surface area contributed by atoms with Gasteiger partial charge in [0.1, 0.15) is 0 Å². The lowest BCUT2D eigenvalue weighted by atomic mass is 10.0. The summed E-state index contributed by atoms with van der Waals surface area (Å²) in [5.74, 6) is 0. The van der Waals surface area contributed by atoms with Crippen LogP contribution in [-0.4, -0.2) is 0 Å². The summed E-state index contributed by atoms with van der Waals surface area (Å²) in [4.78, 5) is 2.60. The summed E-state index contributed by atoms with van der Waals surface area (Å²) in [5.41, 5.74) is 6.52. The molecule has 0 fully saturated rings. The van der Waals surface area contributed by atoms with Gasteiger partial charge in [0.25, 0.3) is 0 Å². The molecule has 0 aliphatic rings. The van der Waals surface area contributed by atoms with Crippen LogP contribution in [-0.2, 0) is 6.42 Å². The molecule has 0 saturated heterocycles. The highest BCUT2D eigenvalue weighted by atomic mass is 32.1. The van der Waals surface area contributed by atoms with Crippen molar-refractivity contribution in [2.45, 2.75) is 26.2 Å². The van der Waals surface area contributed by atoms with Gasteiger partial charge in [0.15, 0.2) is 0 Å². The number of benzene rings is 3. The predicted molar refractivity (Wildman–Crippen MR) is 124 cm³/mol. The zero-order valence-corrected chi connectivity index (χ0v) is 17.1. The number of unbranched alkanes of at least 4 members (excludes halogenated alkanes) is 1. The third-order valence-corrected chi connectivity index (χ3v) is 6.16. The van der Waals surface area contributed by atoms with Gasteiger partial charge in [-0.3, -0.25) is 0 Å². The molecule has 0 nitrogen and oxygen atoms in total. The molecule has 1 heterocycles. The van der Waals surface area contributed by atoms with Crippen LogP contribution < -0.4 is 0 Å². The Labute approximate surface area is 172 Å². The maximum absolute atomic E-state index is 2.33. The van der Waals surface area contributed by atoms with Gasteiger partial charge in [-0.1, -0.05) is 74.0 Å². The molecule has 1 heteroatoms. The first-order chi connectivity index (χ1) is 13.8. The first kappa shape index (κ1) is 18.6. The van der Waals surface area contributed by atoms with E-state index in [2.05, 4.69) is 104 Å². The van der Waals surface area contributed by atoms with Gasteiger partial charge in [-0.15, -0.1) is 0 Å². The molecule has 0 amide bonds. The molecule has 4 aromatic rings. The predicted octanol–water partition coefficient (Wildman–Crippen LogP) is 8.37. The Kier molecular flexibility index (Phi) is 5.94. The summed E-state index contributed by atoms with van der Waals surface area (Å²) in [7, 11) is 0. The molecule has 138 valence electrons. The van der Waals surface area contributed by atoms with Crippen molar-refractivity contribution in [3.05, 3.63) is 103 Å². The minimum Gasteiger partial charge on any atom is -0.0654 e. The van der Waals surface area contributed by atoms with Crippen molar-refractivity contribution in [3.63, 3.8) is 0 Å². The molecule has 0 saturated carbocycles. The van der Waals surface area contributed by atoms with E-state index >= 15 is 0 Å². The lowest BCUT2D eigenvalue weighted by Crippen LogP contribution is -1.86. The van der Waals surface area contributed by atoms with Crippen molar-refractivity contribution < 1.29 is 0 Å². The van der Waals surface area contributed by atoms with Gasteiger partial charge in [-0.2, -0.15) is 0 Å². The topological polar surface area (TPSA) is 0 Å². The second-order valence-electron chi connectivity index (χ2n) is 7.11. The Morgan fingerprint density at radius 2 is 1.11 bits per heavy atom. The molecule has 0 unspecified atom stereocenters. The van der Waals surface area contributed by atoms with Crippen molar-refractivity contribution in [2.24, 2.45) is 0 Å². The SMILES string of the molecule is CCCCc1ccc(-c2cc(-c3ccccc3)[s+]c(-c3ccccc3)c2)cc1. The Morgan fingerprint density at radius 1 is 0.571 bits per heavy atom. The third-order valence-electron chi connectivity index (χ3n) is 5.02. The highest BCUT2D eigenvalue weighted by Crippen LogP contribution is 2.37. The monoisotopic (exact) mass is 381 g/mol. The van der Waals surface area contributed by atoms with Crippen molar-refractivity contribution in [1.29, 1.82) is 0 Å². The van der Waals surface area contributed by atoms with E-state index in [0.717, 1.165) is 6.42 Å². The average molecular weight is 382 g/mol. The van der Waals surface area contributed by atoms with E-state index in [0.29, 0.717) is 0 Å². The standard InChI is InChI=1S/C27H25S/c1-2-3-10-21-15-17-22(18-16-21)25-19-26(23-11-6-4-7-12-23)28-27(20-25)24-13-8-5-9-14-24/h4-9,11-20H,2-3,10H2,1H3/q+1. The van der Waals surface area contributed by atoms with Gasteiger partial charge in [0.05, 0.1) is 0 Å². The number of hydrogen-bond acceptors (Lipinski definition) is 0. The highest BCUT2D eigenvalue weighted by molar-refractivity contribution is 7.18. The molecule has 0 bridgehead atoms. The molecule has 3 aromatic carbocycles. The fraction of sp³-hybridized carbons (Fsp3) is 0.148. The summed E-state index contributed by atoms with van der Waals surface area (Å²) >= 11 is 1.85. The Balaban J connectivity index is 1.78. The number of hydrogen-bond donors (Lipinski definition) is 0. The van der Waals surface area contributed by atoms with Crippen molar-refractivity contribution in [2.75, 3.05) is 0 Å². The van der Waals surface area contributed by atoms with E-state index in [1.54, 1.807) is 0 Å². The van der Waals surface area contributed by atoms with E-state index in [-0.39, 0.29) is 0 Å². The second-order valence-corrected chi connectivity index (χ2v) is 8.19. The number of aryl methyl sites for hydroxylation is 1. The first-order valence-electron chi connectivity index (χ1n) is 10.0. The fourth-order valence-corrected chi connectivity index (χ4v) is 4.52. The van der Waals surface area contributed by atoms with E-state index in [4.69, 9.17) is 0 Å². The summed E-state index contributed by atoms with van der Waals surface area (Å²) < 4.78 is 0. The maximum Gasteiger partial charge on any atom is 0.239 e. The van der Waals surface area contributed by atoms with Gasteiger partial charge in [0.2, 0.25) is 21.1 Å². The Morgan fingerprint density at radius 3 is 1.61 bits per heavy atom. The molecule has 0 aliphatic carbocycles. The maximum atomic E-state index is 2.33. The summed E-state index contributed by atoms with van der Waals surface area (Å²) in [5, 5.41) is 0. The van der Waals surface area contributed by atoms with Crippen LogP contribution in [0.2, 0.25) is 0 Å². The van der Waals surface area contributed by atoms with Crippen LogP contribution in [0.5, 0.6) is 0 Å². The zero-order chi connectivity index (χ0) is 19.2. The van der Waals surface area contributed by atoms with Gasteiger partial charge in [-0.25, -0.2) is 0 Å². The smallest absolute Gasteiger partial charge is 0.0654 e. The molecule has 4 rings (SSSR count). The van der Waals surface area contributed by atoms with Crippen LogP contribution in [0, 0.1) is 0 Å². The van der Waals surface area contributed by atoms with Crippen LogP contribution in [0.4, 0.5) is 0 Å². The fourth-order valence-electron chi connectivity index (χ4n) is 3.40. The lowest BCUT2D eigenvalue weighted by molar-refractivity contribution is 0.795. The van der Waals surface area contributed by atoms with Crippen molar-refractivity contribution in [1.82, 2.24) is 0 Å². The molecular weight excluding hydrogens is 356 g/mol. The minimum atomic E-state index is 1.16. The van der Waals surface area contributed by atoms with Gasteiger partial charge in [0, 0.05) is 23.3 Å². The van der Waals surface area contributed by atoms with E-state index in [1.807, 2.05) is 11.3 Å². The normalized spacial score (nSPS) is 10.8. The largest absolute Gasteiger partial charge is 0.239 e. The highest BCUT2D eigenvalue weighted by Gasteiger charge is 2.19. The molecule has 1 aromatic heterocycles. The summed E-state index contributed by atoms with van der Waals surface area (Å²) in [6, 6.07) is 35.1. The molecule has 28 heavy (non-hydrogen) atoms. The molecule has 0 aliphatic heterocycles. The van der Waals surface area contributed by atoms with E-state index < -0.39 is 0 Å². The Hall–Kier alpha value is -2.77. The van der Waals surface area contributed by atoms with Gasteiger partial charge >= 0.3 is 0 Å². The van der Waals surface area contributed by atoms with Crippen molar-refractivity contribution in [3.8, 4) is 32.0 Å². The molecular formula is C27H25S+. The number of rotatable bonds is 6. The lowest BCUT2D eigenvalue weighted by Gasteiger charge is -2.05. The summed E-state index contributed by atoms with van der Waals surface area (Å²) in [6.07, 6.45) is 3.66. The average Bonchev–Trinajstić information content (AvgIpc) is 2.79.